The highest BCUT2D eigenvalue weighted by molar-refractivity contribution is 5.95. The van der Waals surface area contributed by atoms with E-state index in [1.54, 1.807) is 29.9 Å². The van der Waals surface area contributed by atoms with Crippen molar-refractivity contribution in [2.45, 2.75) is 20.5 Å². The predicted octanol–water partition coefficient (Wildman–Crippen LogP) is 1.94. The minimum atomic E-state index is -0.146. The molecule has 3 rings (SSSR count). The molecule has 0 saturated heterocycles. The largest absolute Gasteiger partial charge is 0.392 e. The number of aliphatic hydroxyl groups excluding tert-OH is 1. The Bertz CT molecular complexity index is 917. The van der Waals surface area contributed by atoms with Gasteiger partial charge >= 0.3 is 0 Å². The fourth-order valence-corrected chi connectivity index (χ4v) is 2.63. The maximum Gasteiger partial charge on any atom is 0.251 e. The van der Waals surface area contributed by atoms with Gasteiger partial charge in [-0.05, 0) is 37.1 Å². The van der Waals surface area contributed by atoms with Crippen molar-refractivity contribution in [2.24, 2.45) is 0 Å². The minimum absolute atomic E-state index is 0.0557. The molecule has 0 aliphatic carbocycles. The second-order valence-electron chi connectivity index (χ2n) is 5.57. The third kappa shape index (κ3) is 2.69. The fraction of sp³-hybridized carbons (Fsp3) is 0.235. The molecule has 7 nitrogen and oxygen atoms in total. The normalized spacial score (nSPS) is 10.8. The zero-order chi connectivity index (χ0) is 17.3. The lowest BCUT2D eigenvalue weighted by Gasteiger charge is -2.12. The van der Waals surface area contributed by atoms with E-state index >= 15 is 0 Å². The number of hydrogen-bond donors (Lipinski definition) is 3. The molecular formula is C17H19N5O2. The van der Waals surface area contributed by atoms with Gasteiger partial charge in [0, 0.05) is 30.1 Å². The van der Waals surface area contributed by atoms with Crippen molar-refractivity contribution in [1.29, 1.82) is 0 Å². The Morgan fingerprint density at radius 3 is 2.83 bits per heavy atom. The van der Waals surface area contributed by atoms with Crippen molar-refractivity contribution in [3.8, 4) is 0 Å². The van der Waals surface area contributed by atoms with Gasteiger partial charge in [-0.25, -0.2) is 9.50 Å². The molecule has 3 aromatic rings. The number of fused-ring (bicyclic) bond motifs is 1. The number of nitrogens with one attached hydrogen (secondary N) is 2. The molecule has 0 aliphatic heterocycles. The number of rotatable bonds is 4. The summed E-state index contributed by atoms with van der Waals surface area (Å²) in [5, 5.41) is 19.5. The SMILES string of the molecule is CNC(=O)c1ccc(C)c(Nc2ncnn3cc(CO)c(C)c23)c1. The van der Waals surface area contributed by atoms with Gasteiger partial charge in [-0.1, -0.05) is 6.07 Å². The lowest BCUT2D eigenvalue weighted by Crippen LogP contribution is -2.17. The molecule has 0 bridgehead atoms. The summed E-state index contributed by atoms with van der Waals surface area (Å²) in [7, 11) is 1.60. The van der Waals surface area contributed by atoms with Crippen molar-refractivity contribution in [1.82, 2.24) is 19.9 Å². The lowest BCUT2D eigenvalue weighted by atomic mass is 10.1. The smallest absolute Gasteiger partial charge is 0.251 e. The summed E-state index contributed by atoms with van der Waals surface area (Å²) in [5.41, 5.74) is 4.87. The van der Waals surface area contributed by atoms with E-state index in [4.69, 9.17) is 0 Å². The molecule has 2 aromatic heterocycles. The van der Waals surface area contributed by atoms with Gasteiger partial charge in [0.25, 0.3) is 5.91 Å². The van der Waals surface area contributed by atoms with E-state index in [0.29, 0.717) is 11.4 Å². The average molecular weight is 325 g/mol. The number of hydrogen-bond acceptors (Lipinski definition) is 5. The van der Waals surface area contributed by atoms with E-state index in [0.717, 1.165) is 27.9 Å². The van der Waals surface area contributed by atoms with Crippen LogP contribution in [0.4, 0.5) is 11.5 Å². The first-order valence-corrected chi connectivity index (χ1v) is 7.57. The summed E-state index contributed by atoms with van der Waals surface area (Å²) >= 11 is 0. The highest BCUT2D eigenvalue weighted by Gasteiger charge is 2.14. The maximum atomic E-state index is 11.8. The van der Waals surface area contributed by atoms with Gasteiger partial charge in [-0.3, -0.25) is 4.79 Å². The molecule has 0 unspecified atom stereocenters. The maximum absolute atomic E-state index is 11.8. The Kier molecular flexibility index (Phi) is 4.18. The molecular weight excluding hydrogens is 306 g/mol. The quantitative estimate of drug-likeness (QED) is 0.682. The van der Waals surface area contributed by atoms with Crippen molar-refractivity contribution < 1.29 is 9.90 Å². The molecule has 24 heavy (non-hydrogen) atoms. The monoisotopic (exact) mass is 325 g/mol. The summed E-state index contributed by atoms with van der Waals surface area (Å²) in [5.74, 6) is 0.478. The lowest BCUT2D eigenvalue weighted by molar-refractivity contribution is 0.0963. The minimum Gasteiger partial charge on any atom is -0.392 e. The Hall–Kier alpha value is -2.93. The highest BCUT2D eigenvalue weighted by atomic mass is 16.3. The van der Waals surface area contributed by atoms with Crippen molar-refractivity contribution in [3.05, 3.63) is 53.0 Å². The van der Waals surface area contributed by atoms with E-state index < -0.39 is 0 Å². The number of carbonyl (C=O) groups is 1. The molecule has 1 amide bonds. The number of aliphatic hydroxyl groups is 1. The average Bonchev–Trinajstić information content (AvgIpc) is 2.93. The molecule has 0 atom stereocenters. The van der Waals surface area contributed by atoms with Crippen LogP contribution in [-0.2, 0) is 6.61 Å². The first-order valence-electron chi connectivity index (χ1n) is 7.57. The molecule has 0 aliphatic rings. The molecule has 0 fully saturated rings. The van der Waals surface area contributed by atoms with Crippen LogP contribution in [-0.4, -0.2) is 32.7 Å². The van der Waals surface area contributed by atoms with Crippen LogP contribution in [0.3, 0.4) is 0 Å². The van der Waals surface area contributed by atoms with E-state index in [1.165, 1.54) is 6.33 Å². The standard InChI is InChI=1S/C17H19N5O2/c1-10-4-5-12(17(24)18-3)6-14(10)21-16-15-11(2)13(8-23)7-22(15)20-9-19-16/h4-7,9,23H,8H2,1-3H3,(H,18,24)(H,19,20,21). The van der Waals surface area contributed by atoms with Crippen LogP contribution in [0.2, 0.25) is 0 Å². The number of aryl methyl sites for hydroxylation is 2. The van der Waals surface area contributed by atoms with Crippen LogP contribution < -0.4 is 10.6 Å². The second-order valence-corrected chi connectivity index (χ2v) is 5.57. The van der Waals surface area contributed by atoms with Crippen molar-refractivity contribution >= 4 is 22.9 Å². The molecule has 0 radical (unpaired) electrons. The van der Waals surface area contributed by atoms with E-state index in [2.05, 4.69) is 20.7 Å². The molecule has 0 saturated carbocycles. The molecule has 7 heteroatoms. The van der Waals surface area contributed by atoms with Crippen LogP contribution in [0.1, 0.15) is 27.0 Å². The van der Waals surface area contributed by atoms with Crippen LogP contribution in [0.5, 0.6) is 0 Å². The first-order chi connectivity index (χ1) is 11.5. The third-order valence-corrected chi connectivity index (χ3v) is 4.08. The molecule has 1 aromatic carbocycles. The van der Waals surface area contributed by atoms with Crippen LogP contribution in [0.15, 0.2) is 30.7 Å². The summed E-state index contributed by atoms with van der Waals surface area (Å²) in [6.07, 6.45) is 3.24. The van der Waals surface area contributed by atoms with Gasteiger partial charge in [0.2, 0.25) is 0 Å². The van der Waals surface area contributed by atoms with Gasteiger partial charge in [-0.2, -0.15) is 5.10 Å². The van der Waals surface area contributed by atoms with Gasteiger partial charge in [0.1, 0.15) is 11.8 Å². The summed E-state index contributed by atoms with van der Waals surface area (Å²) in [6.45, 7) is 3.82. The van der Waals surface area contributed by atoms with E-state index in [1.807, 2.05) is 19.9 Å². The van der Waals surface area contributed by atoms with Gasteiger partial charge in [-0.15, -0.1) is 0 Å². The topological polar surface area (TPSA) is 91.5 Å². The third-order valence-electron chi connectivity index (χ3n) is 4.08. The van der Waals surface area contributed by atoms with Gasteiger partial charge in [0.15, 0.2) is 5.82 Å². The Balaban J connectivity index is 2.07. The van der Waals surface area contributed by atoms with E-state index in [9.17, 15) is 9.90 Å². The van der Waals surface area contributed by atoms with Crippen LogP contribution in [0, 0.1) is 13.8 Å². The Labute approximate surface area is 139 Å². The number of benzene rings is 1. The number of anilines is 2. The van der Waals surface area contributed by atoms with Crippen molar-refractivity contribution in [2.75, 3.05) is 12.4 Å². The summed E-state index contributed by atoms with van der Waals surface area (Å²) < 4.78 is 1.69. The van der Waals surface area contributed by atoms with E-state index in [-0.39, 0.29) is 12.5 Å². The molecule has 0 spiro atoms. The summed E-state index contributed by atoms with van der Waals surface area (Å²) in [4.78, 5) is 16.2. The van der Waals surface area contributed by atoms with Gasteiger partial charge in [0.05, 0.1) is 6.61 Å². The number of amides is 1. The number of aromatic nitrogens is 3. The highest BCUT2D eigenvalue weighted by Crippen LogP contribution is 2.27. The second kappa shape index (κ2) is 6.29. The first kappa shape index (κ1) is 15.9. The van der Waals surface area contributed by atoms with Crippen molar-refractivity contribution in [3.63, 3.8) is 0 Å². The van der Waals surface area contributed by atoms with Gasteiger partial charge < -0.3 is 15.7 Å². The number of carbonyl (C=O) groups excluding carboxylic acids is 1. The fourth-order valence-electron chi connectivity index (χ4n) is 2.63. The predicted molar refractivity (Wildman–Crippen MR) is 91.5 cm³/mol. The molecule has 124 valence electrons. The molecule has 3 N–H and O–H groups in total. The Morgan fingerprint density at radius 2 is 2.12 bits per heavy atom. The van der Waals surface area contributed by atoms with Crippen LogP contribution >= 0.6 is 0 Å². The molecule has 2 heterocycles. The Morgan fingerprint density at radius 1 is 1.33 bits per heavy atom. The van der Waals surface area contributed by atoms with Crippen LogP contribution in [0.25, 0.3) is 5.52 Å². The number of nitrogens with zero attached hydrogens (tertiary/aromatic N) is 3. The zero-order valence-corrected chi connectivity index (χ0v) is 13.8. The zero-order valence-electron chi connectivity index (χ0n) is 13.8. The summed E-state index contributed by atoms with van der Waals surface area (Å²) in [6, 6.07) is 5.45.